The van der Waals surface area contributed by atoms with E-state index in [-0.39, 0.29) is 6.42 Å². The largest absolute Gasteiger partial charge is 0.481 e. The van der Waals surface area contributed by atoms with Crippen LogP contribution < -0.4 is 0 Å². The zero-order chi connectivity index (χ0) is 13.7. The van der Waals surface area contributed by atoms with Crippen molar-refractivity contribution in [2.45, 2.75) is 46.2 Å². The number of aromatic nitrogens is 2. The molecule has 0 bridgehead atoms. The van der Waals surface area contributed by atoms with E-state index < -0.39 is 5.97 Å². The molecule has 1 rings (SSSR count). The Morgan fingerprint density at radius 2 is 2.22 bits per heavy atom. The summed E-state index contributed by atoms with van der Waals surface area (Å²) >= 11 is 0. The zero-order valence-electron chi connectivity index (χ0n) is 11.7. The highest BCUT2D eigenvalue weighted by Gasteiger charge is 2.13. The molecule has 0 spiro atoms. The Kier molecular flexibility index (Phi) is 5.34. The van der Waals surface area contributed by atoms with Crippen LogP contribution in [0.1, 0.15) is 37.9 Å². The van der Waals surface area contributed by atoms with Gasteiger partial charge in [-0.2, -0.15) is 5.10 Å². The van der Waals surface area contributed by atoms with Gasteiger partial charge in [-0.15, -0.1) is 0 Å². The smallest absolute Gasteiger partial charge is 0.303 e. The second kappa shape index (κ2) is 6.54. The van der Waals surface area contributed by atoms with Gasteiger partial charge in [0, 0.05) is 37.3 Å². The van der Waals surface area contributed by atoms with Crippen LogP contribution in [-0.4, -0.2) is 38.3 Å². The number of nitrogens with zero attached hydrogens (tertiary/aromatic N) is 3. The zero-order valence-corrected chi connectivity index (χ0v) is 11.7. The lowest BCUT2D eigenvalue weighted by atomic mass is 10.2. The van der Waals surface area contributed by atoms with E-state index in [4.69, 9.17) is 5.11 Å². The van der Waals surface area contributed by atoms with E-state index in [1.165, 1.54) is 11.3 Å². The van der Waals surface area contributed by atoms with Crippen LogP contribution >= 0.6 is 0 Å². The van der Waals surface area contributed by atoms with Crippen molar-refractivity contribution in [1.29, 1.82) is 0 Å². The first-order valence-electron chi connectivity index (χ1n) is 6.35. The van der Waals surface area contributed by atoms with Crippen LogP contribution in [0, 0.1) is 6.92 Å². The molecule has 1 aromatic rings. The van der Waals surface area contributed by atoms with E-state index in [1.54, 1.807) is 0 Å². The molecule has 0 saturated heterocycles. The predicted octanol–water partition coefficient (Wildman–Crippen LogP) is 1.80. The van der Waals surface area contributed by atoms with E-state index in [1.807, 2.05) is 17.9 Å². The van der Waals surface area contributed by atoms with Crippen molar-refractivity contribution in [1.82, 2.24) is 14.7 Å². The fraction of sp³-hybridized carbons (Fsp3) is 0.692. The molecule has 18 heavy (non-hydrogen) atoms. The predicted molar refractivity (Wildman–Crippen MR) is 70.4 cm³/mol. The molecule has 0 aliphatic carbocycles. The average molecular weight is 253 g/mol. The van der Waals surface area contributed by atoms with Crippen molar-refractivity contribution in [3.8, 4) is 0 Å². The first kappa shape index (κ1) is 14.7. The summed E-state index contributed by atoms with van der Waals surface area (Å²) < 4.78 is 1.87. The molecule has 0 saturated carbocycles. The first-order valence-corrected chi connectivity index (χ1v) is 6.35. The minimum absolute atomic E-state index is 0.231. The van der Waals surface area contributed by atoms with Gasteiger partial charge >= 0.3 is 5.97 Å². The van der Waals surface area contributed by atoms with Crippen molar-refractivity contribution in [2.75, 3.05) is 6.54 Å². The number of carbonyl (C=O) groups is 1. The van der Waals surface area contributed by atoms with E-state index in [0.717, 1.165) is 13.1 Å². The van der Waals surface area contributed by atoms with Crippen molar-refractivity contribution in [3.63, 3.8) is 0 Å². The van der Waals surface area contributed by atoms with Crippen LogP contribution in [0.5, 0.6) is 0 Å². The van der Waals surface area contributed by atoms with Crippen molar-refractivity contribution >= 4 is 5.97 Å². The third-order valence-electron chi connectivity index (χ3n) is 3.28. The topological polar surface area (TPSA) is 58.4 Å². The molecule has 0 aliphatic rings. The fourth-order valence-electron chi connectivity index (χ4n) is 1.87. The molecule has 1 aromatic heterocycles. The number of aliphatic carboxylic acids is 1. The lowest BCUT2D eigenvalue weighted by molar-refractivity contribution is -0.137. The second-order valence-corrected chi connectivity index (χ2v) is 4.94. The molecule has 102 valence electrons. The number of carboxylic acids is 1. The van der Waals surface area contributed by atoms with Gasteiger partial charge in [-0.1, -0.05) is 0 Å². The molecule has 0 aromatic carbocycles. The molecule has 5 nitrogen and oxygen atoms in total. The number of carboxylic acid groups (broad SMARTS) is 1. The maximum atomic E-state index is 10.5. The van der Waals surface area contributed by atoms with E-state index in [9.17, 15) is 4.79 Å². The summed E-state index contributed by atoms with van der Waals surface area (Å²) in [7, 11) is 1.93. The van der Waals surface area contributed by atoms with Gasteiger partial charge in [0.15, 0.2) is 0 Å². The Bertz CT molecular complexity index is 399. The van der Waals surface area contributed by atoms with Gasteiger partial charge in [-0.25, -0.2) is 0 Å². The van der Waals surface area contributed by atoms with Gasteiger partial charge < -0.3 is 5.11 Å². The van der Waals surface area contributed by atoms with Gasteiger partial charge in [0.05, 0.1) is 6.20 Å². The quantitative estimate of drug-likeness (QED) is 0.805. The van der Waals surface area contributed by atoms with Crippen LogP contribution in [0.3, 0.4) is 0 Å². The number of rotatable bonds is 7. The van der Waals surface area contributed by atoms with Crippen molar-refractivity contribution < 1.29 is 9.90 Å². The fourth-order valence-corrected chi connectivity index (χ4v) is 1.87. The van der Waals surface area contributed by atoms with Crippen molar-refractivity contribution in [2.24, 2.45) is 7.05 Å². The normalized spacial score (nSPS) is 11.4. The second-order valence-electron chi connectivity index (χ2n) is 4.94. The lowest BCUT2D eigenvalue weighted by Crippen LogP contribution is -2.31. The third kappa shape index (κ3) is 4.14. The standard InChI is InChI=1S/C13H23N3O2/c1-10(2)16(7-5-6-13(17)18)9-12-8-14-15(4)11(12)3/h8,10H,5-7,9H2,1-4H3,(H,17,18). The number of hydrogen-bond donors (Lipinski definition) is 1. The number of aryl methyl sites for hydroxylation is 1. The molecule has 0 aliphatic heterocycles. The van der Waals surface area contributed by atoms with Gasteiger partial charge in [0.25, 0.3) is 0 Å². The highest BCUT2D eigenvalue weighted by molar-refractivity contribution is 5.66. The highest BCUT2D eigenvalue weighted by atomic mass is 16.4. The average Bonchev–Trinajstić information content (AvgIpc) is 2.58. The molecule has 1 heterocycles. The molecule has 0 fully saturated rings. The van der Waals surface area contributed by atoms with Gasteiger partial charge in [0.2, 0.25) is 0 Å². The minimum Gasteiger partial charge on any atom is -0.481 e. The SMILES string of the molecule is Cc1c(CN(CCCC(=O)O)C(C)C)cnn1C. The Hall–Kier alpha value is -1.36. The molecule has 0 atom stereocenters. The summed E-state index contributed by atoms with van der Waals surface area (Å²) in [6, 6.07) is 0.401. The molecule has 0 unspecified atom stereocenters. The lowest BCUT2D eigenvalue weighted by Gasteiger charge is -2.26. The minimum atomic E-state index is -0.726. The molecule has 0 radical (unpaired) electrons. The van der Waals surface area contributed by atoms with Crippen LogP contribution in [-0.2, 0) is 18.4 Å². The van der Waals surface area contributed by atoms with Crippen molar-refractivity contribution in [3.05, 3.63) is 17.5 Å². The molecular formula is C13H23N3O2. The summed E-state index contributed by atoms with van der Waals surface area (Å²) in [5, 5.41) is 12.9. The first-order chi connectivity index (χ1) is 8.41. The van der Waals surface area contributed by atoms with E-state index in [2.05, 4.69) is 30.8 Å². The Labute approximate surface area is 108 Å². The van der Waals surface area contributed by atoms with Crippen LogP contribution in [0.25, 0.3) is 0 Å². The van der Waals surface area contributed by atoms with Crippen LogP contribution in [0.15, 0.2) is 6.20 Å². The Balaban J connectivity index is 2.57. The maximum Gasteiger partial charge on any atom is 0.303 e. The van der Waals surface area contributed by atoms with Crippen LogP contribution in [0.2, 0.25) is 0 Å². The number of hydrogen-bond acceptors (Lipinski definition) is 3. The Morgan fingerprint density at radius 3 is 2.67 bits per heavy atom. The highest BCUT2D eigenvalue weighted by Crippen LogP contribution is 2.12. The third-order valence-corrected chi connectivity index (χ3v) is 3.28. The van der Waals surface area contributed by atoms with Crippen LogP contribution in [0.4, 0.5) is 0 Å². The van der Waals surface area contributed by atoms with Gasteiger partial charge in [-0.3, -0.25) is 14.4 Å². The summed E-state index contributed by atoms with van der Waals surface area (Å²) in [5.74, 6) is -0.726. The Morgan fingerprint density at radius 1 is 1.56 bits per heavy atom. The molecule has 1 N–H and O–H groups in total. The maximum absolute atomic E-state index is 10.5. The van der Waals surface area contributed by atoms with Gasteiger partial charge in [-0.05, 0) is 33.7 Å². The summed E-state index contributed by atoms with van der Waals surface area (Å²) in [6.07, 6.45) is 2.81. The summed E-state index contributed by atoms with van der Waals surface area (Å²) in [4.78, 5) is 12.8. The molecule has 0 amide bonds. The monoisotopic (exact) mass is 253 g/mol. The van der Waals surface area contributed by atoms with E-state index in [0.29, 0.717) is 12.5 Å². The molecule has 5 heteroatoms. The van der Waals surface area contributed by atoms with Gasteiger partial charge in [0.1, 0.15) is 0 Å². The summed E-state index contributed by atoms with van der Waals surface area (Å²) in [5.41, 5.74) is 2.38. The van der Waals surface area contributed by atoms with E-state index >= 15 is 0 Å². The summed E-state index contributed by atoms with van der Waals surface area (Å²) in [6.45, 7) is 7.95. The molecular weight excluding hydrogens is 230 g/mol.